The molecule has 0 saturated carbocycles. The molecular formula is C10H12N2OS. The Morgan fingerprint density at radius 2 is 2.43 bits per heavy atom. The van der Waals surface area contributed by atoms with Crippen LogP contribution in [0, 0.1) is 0 Å². The van der Waals surface area contributed by atoms with Gasteiger partial charge in [-0.25, -0.2) is 4.98 Å². The lowest BCUT2D eigenvalue weighted by Gasteiger charge is -2.05. The van der Waals surface area contributed by atoms with Crippen molar-refractivity contribution in [2.45, 2.75) is 0 Å². The number of hydrogen-bond acceptors (Lipinski definition) is 4. The highest BCUT2D eigenvalue weighted by Crippen LogP contribution is 2.25. The fourth-order valence-corrected chi connectivity index (χ4v) is 2.09. The average molecular weight is 208 g/mol. The van der Waals surface area contributed by atoms with Gasteiger partial charge in [0.15, 0.2) is 0 Å². The maximum absolute atomic E-state index is 4.97. The predicted octanol–water partition coefficient (Wildman–Crippen LogP) is 2.35. The average Bonchev–Trinajstić information content (AvgIpc) is 2.67. The second-order valence-electron chi connectivity index (χ2n) is 2.91. The Hall–Kier alpha value is -1.13. The van der Waals surface area contributed by atoms with E-state index in [4.69, 9.17) is 4.74 Å². The van der Waals surface area contributed by atoms with Crippen molar-refractivity contribution in [1.82, 2.24) is 4.98 Å². The number of methoxy groups -OCH3 is 1. The number of rotatable bonds is 4. The quantitative estimate of drug-likeness (QED) is 0.783. The highest BCUT2D eigenvalue weighted by molar-refractivity contribution is 7.17. The maximum atomic E-state index is 4.97. The number of fused-ring (bicyclic) bond motifs is 1. The van der Waals surface area contributed by atoms with Crippen LogP contribution in [0.5, 0.6) is 0 Å². The van der Waals surface area contributed by atoms with Gasteiger partial charge in [0.2, 0.25) is 0 Å². The summed E-state index contributed by atoms with van der Waals surface area (Å²) in [5, 5.41) is 6.51. The summed E-state index contributed by atoms with van der Waals surface area (Å²) in [4.78, 5) is 4.29. The first-order chi connectivity index (χ1) is 6.92. The zero-order valence-electron chi connectivity index (χ0n) is 7.99. The monoisotopic (exact) mass is 208 g/mol. The fourth-order valence-electron chi connectivity index (χ4n) is 1.31. The van der Waals surface area contributed by atoms with E-state index in [0.717, 1.165) is 12.4 Å². The summed E-state index contributed by atoms with van der Waals surface area (Å²) in [5.74, 6) is 0.945. The third-order valence-electron chi connectivity index (χ3n) is 1.98. The largest absolute Gasteiger partial charge is 0.383 e. The number of nitrogens with zero attached hydrogens (tertiary/aromatic N) is 1. The molecule has 14 heavy (non-hydrogen) atoms. The normalized spacial score (nSPS) is 10.6. The summed E-state index contributed by atoms with van der Waals surface area (Å²) in [6.45, 7) is 1.49. The van der Waals surface area contributed by atoms with Crippen molar-refractivity contribution < 1.29 is 4.74 Å². The number of ether oxygens (including phenoxy) is 1. The van der Waals surface area contributed by atoms with Crippen LogP contribution in [0.4, 0.5) is 5.82 Å². The molecule has 1 N–H and O–H groups in total. The lowest BCUT2D eigenvalue weighted by Crippen LogP contribution is -2.08. The van der Waals surface area contributed by atoms with E-state index in [-0.39, 0.29) is 0 Å². The number of thiophene rings is 1. The van der Waals surface area contributed by atoms with Gasteiger partial charge in [0, 0.05) is 29.9 Å². The lowest BCUT2D eigenvalue weighted by atomic mass is 10.3. The molecule has 0 amide bonds. The molecule has 0 aliphatic carbocycles. The highest BCUT2D eigenvalue weighted by atomic mass is 32.1. The summed E-state index contributed by atoms with van der Waals surface area (Å²) >= 11 is 1.73. The Balaban J connectivity index is 2.19. The third kappa shape index (κ3) is 1.86. The second-order valence-corrected chi connectivity index (χ2v) is 3.86. The summed E-state index contributed by atoms with van der Waals surface area (Å²) in [6, 6.07) is 4.11. The van der Waals surface area contributed by atoms with Crippen LogP contribution >= 0.6 is 11.3 Å². The summed E-state index contributed by atoms with van der Waals surface area (Å²) < 4.78 is 6.23. The van der Waals surface area contributed by atoms with Crippen LogP contribution in [0.25, 0.3) is 10.1 Å². The first-order valence-electron chi connectivity index (χ1n) is 4.47. The molecule has 0 aromatic carbocycles. The van der Waals surface area contributed by atoms with E-state index < -0.39 is 0 Å². The fraction of sp³-hybridized carbons (Fsp3) is 0.300. The molecule has 0 fully saturated rings. The van der Waals surface area contributed by atoms with E-state index >= 15 is 0 Å². The van der Waals surface area contributed by atoms with E-state index in [1.54, 1.807) is 18.4 Å². The SMILES string of the molecule is COCCNc1nccc2sccc12. The van der Waals surface area contributed by atoms with E-state index in [1.807, 2.05) is 12.3 Å². The molecular weight excluding hydrogens is 196 g/mol. The molecule has 2 aromatic rings. The van der Waals surface area contributed by atoms with Gasteiger partial charge in [-0.1, -0.05) is 0 Å². The molecule has 2 aromatic heterocycles. The Kier molecular flexibility index (Phi) is 2.96. The molecule has 0 saturated heterocycles. The van der Waals surface area contributed by atoms with Gasteiger partial charge in [-0.15, -0.1) is 11.3 Å². The molecule has 0 aliphatic heterocycles. The van der Waals surface area contributed by atoms with Gasteiger partial charge < -0.3 is 10.1 Å². The Morgan fingerprint density at radius 3 is 3.29 bits per heavy atom. The molecule has 74 valence electrons. The van der Waals surface area contributed by atoms with Crippen LogP contribution < -0.4 is 5.32 Å². The molecule has 0 bridgehead atoms. The molecule has 0 aliphatic rings. The molecule has 2 rings (SSSR count). The summed E-state index contributed by atoms with van der Waals surface area (Å²) in [6.07, 6.45) is 1.83. The number of nitrogens with one attached hydrogen (secondary N) is 1. The van der Waals surface area contributed by atoms with Crippen LogP contribution in [-0.4, -0.2) is 25.2 Å². The van der Waals surface area contributed by atoms with Crippen molar-refractivity contribution in [3.8, 4) is 0 Å². The second kappa shape index (κ2) is 4.39. The maximum Gasteiger partial charge on any atom is 0.134 e. The Bertz CT molecular complexity index is 413. The molecule has 3 nitrogen and oxygen atoms in total. The standard InChI is InChI=1S/C10H12N2OS/c1-13-6-5-12-10-8-3-7-14-9(8)2-4-11-10/h2-4,7H,5-6H2,1H3,(H,11,12). The van der Waals surface area contributed by atoms with Crippen LogP contribution in [0.3, 0.4) is 0 Å². The highest BCUT2D eigenvalue weighted by Gasteiger charge is 2.01. The van der Waals surface area contributed by atoms with Crippen LogP contribution in [0.15, 0.2) is 23.7 Å². The molecule has 0 unspecified atom stereocenters. The zero-order chi connectivity index (χ0) is 9.80. The van der Waals surface area contributed by atoms with Crippen LogP contribution in [0.2, 0.25) is 0 Å². The van der Waals surface area contributed by atoms with Gasteiger partial charge in [-0.2, -0.15) is 0 Å². The van der Waals surface area contributed by atoms with Crippen molar-refractivity contribution in [2.75, 3.05) is 25.6 Å². The van der Waals surface area contributed by atoms with Gasteiger partial charge in [-0.3, -0.25) is 0 Å². The first-order valence-corrected chi connectivity index (χ1v) is 5.35. The topological polar surface area (TPSA) is 34.1 Å². The Morgan fingerprint density at radius 1 is 1.50 bits per heavy atom. The van der Waals surface area contributed by atoms with E-state index in [2.05, 4.69) is 21.7 Å². The zero-order valence-corrected chi connectivity index (χ0v) is 8.80. The third-order valence-corrected chi connectivity index (χ3v) is 2.86. The summed E-state index contributed by atoms with van der Waals surface area (Å²) in [7, 11) is 1.69. The number of hydrogen-bond donors (Lipinski definition) is 1. The minimum Gasteiger partial charge on any atom is -0.383 e. The van der Waals surface area contributed by atoms with Gasteiger partial charge in [-0.05, 0) is 17.5 Å². The molecule has 0 spiro atoms. The van der Waals surface area contributed by atoms with E-state index in [0.29, 0.717) is 6.61 Å². The summed E-state index contributed by atoms with van der Waals surface area (Å²) in [5.41, 5.74) is 0. The van der Waals surface area contributed by atoms with Crippen LogP contribution in [-0.2, 0) is 4.74 Å². The number of aromatic nitrogens is 1. The van der Waals surface area contributed by atoms with Gasteiger partial charge in [0.25, 0.3) is 0 Å². The molecule has 2 heterocycles. The van der Waals surface area contributed by atoms with Crippen molar-refractivity contribution in [3.05, 3.63) is 23.7 Å². The van der Waals surface area contributed by atoms with Gasteiger partial charge >= 0.3 is 0 Å². The molecule has 0 atom stereocenters. The minimum atomic E-state index is 0.697. The first kappa shape index (κ1) is 9.43. The van der Waals surface area contributed by atoms with Gasteiger partial charge in [0.05, 0.1) is 6.61 Å². The lowest BCUT2D eigenvalue weighted by molar-refractivity contribution is 0.210. The predicted molar refractivity (Wildman–Crippen MR) is 60.0 cm³/mol. The van der Waals surface area contributed by atoms with Crippen molar-refractivity contribution in [2.24, 2.45) is 0 Å². The number of pyridine rings is 1. The minimum absolute atomic E-state index is 0.697. The molecule has 0 radical (unpaired) electrons. The smallest absolute Gasteiger partial charge is 0.134 e. The van der Waals surface area contributed by atoms with Crippen molar-refractivity contribution in [3.63, 3.8) is 0 Å². The van der Waals surface area contributed by atoms with E-state index in [9.17, 15) is 0 Å². The van der Waals surface area contributed by atoms with Crippen molar-refractivity contribution >= 4 is 27.2 Å². The van der Waals surface area contributed by atoms with Crippen molar-refractivity contribution in [1.29, 1.82) is 0 Å². The van der Waals surface area contributed by atoms with Crippen LogP contribution in [0.1, 0.15) is 0 Å². The molecule has 4 heteroatoms. The van der Waals surface area contributed by atoms with Gasteiger partial charge in [0.1, 0.15) is 5.82 Å². The number of anilines is 1. The Labute approximate surface area is 86.7 Å². The van der Waals surface area contributed by atoms with E-state index in [1.165, 1.54) is 10.1 Å².